The third-order valence-corrected chi connectivity index (χ3v) is 2.18. The Morgan fingerprint density at radius 3 is 2.21 bits per heavy atom. The van der Waals surface area contributed by atoms with E-state index in [-0.39, 0.29) is 22.5 Å². The van der Waals surface area contributed by atoms with Crippen LogP contribution in [0.1, 0.15) is 40.5 Å². The summed E-state index contributed by atoms with van der Waals surface area (Å²) >= 11 is 0. The smallest absolute Gasteiger partial charge is 0.0964 e. The van der Waals surface area contributed by atoms with Gasteiger partial charge in [-0.3, -0.25) is 0 Å². The van der Waals surface area contributed by atoms with Crippen LogP contribution >= 0.6 is 0 Å². The van der Waals surface area contributed by atoms with Crippen LogP contribution in [0, 0.1) is 5.41 Å². The average Bonchev–Trinajstić information content (AvgIpc) is 2.29. The van der Waals surface area contributed by atoms with Crippen LogP contribution in [0.25, 0.3) is 0 Å². The maximum atomic E-state index is 9.40. The molecule has 0 aliphatic heterocycles. The van der Waals surface area contributed by atoms with Crippen molar-refractivity contribution in [3.8, 4) is 0 Å². The predicted molar refractivity (Wildman–Crippen MR) is 55.6 cm³/mol. The van der Waals surface area contributed by atoms with Gasteiger partial charge < -0.3 is 5.11 Å². The van der Waals surface area contributed by atoms with Crippen molar-refractivity contribution in [2.75, 3.05) is 0 Å². The molecule has 0 fully saturated rings. The molecule has 2 heteroatoms. The molecule has 0 aromatic heterocycles. The molecule has 0 atom stereocenters. The monoisotopic (exact) mass is 241 g/mol. The first-order valence-corrected chi connectivity index (χ1v) is 4.76. The molecule has 1 rings (SSSR count). The minimum atomic E-state index is 0. The number of hydrogen-bond acceptors (Lipinski definition) is 1. The molecule has 83 valence electrons. The van der Waals surface area contributed by atoms with E-state index < -0.39 is 0 Å². The molecule has 0 saturated carbocycles. The fourth-order valence-corrected chi connectivity index (χ4v) is 1.28. The normalized spacial score (nSPS) is 16.4. The summed E-state index contributed by atoms with van der Waals surface area (Å²) in [5, 5.41) is 9.40. The fourth-order valence-electron chi connectivity index (χ4n) is 1.28. The van der Waals surface area contributed by atoms with Crippen molar-refractivity contribution in [3.05, 3.63) is 28.7 Å². The van der Waals surface area contributed by atoms with Crippen LogP contribution in [0.3, 0.4) is 0 Å². The Kier molecular flexibility index (Phi) is 4.74. The second kappa shape index (κ2) is 4.89. The number of allylic oxidation sites excluding steroid dienone is 3. The van der Waals surface area contributed by atoms with Crippen LogP contribution in [0.4, 0.5) is 0 Å². The van der Waals surface area contributed by atoms with Gasteiger partial charge in [-0.05, 0) is 30.4 Å². The first-order chi connectivity index (χ1) is 5.90. The van der Waals surface area contributed by atoms with Gasteiger partial charge in [0.15, 0.2) is 0 Å². The van der Waals surface area contributed by atoms with Crippen LogP contribution in [-0.2, 0) is 17.1 Å². The molecule has 0 unspecified atom stereocenters. The molecule has 1 N–H and O–H groups in total. The van der Waals surface area contributed by atoms with Gasteiger partial charge in [0.05, 0.1) is 5.76 Å². The summed E-state index contributed by atoms with van der Waals surface area (Å²) in [6, 6.07) is 0. The average molecular weight is 242 g/mol. The van der Waals surface area contributed by atoms with Gasteiger partial charge in [-0.2, -0.15) is 0 Å². The molecular formula is C12H18CuO. The Hall–Kier alpha value is -0.421. The summed E-state index contributed by atoms with van der Waals surface area (Å²) in [5.41, 5.74) is 5.62. The SMILES string of the molecule is CC1=C(O)CCC1=C=CC(C)(C)C.[Cu]. The molecule has 0 spiro atoms. The minimum Gasteiger partial charge on any atom is -0.512 e. The Labute approximate surface area is 97.1 Å². The Bertz CT molecular complexity index is 299. The topological polar surface area (TPSA) is 20.2 Å². The second-order valence-electron chi connectivity index (χ2n) is 4.70. The van der Waals surface area contributed by atoms with Crippen LogP contribution in [0.5, 0.6) is 0 Å². The largest absolute Gasteiger partial charge is 0.512 e. The zero-order valence-corrected chi connectivity index (χ0v) is 10.2. The molecule has 0 aromatic rings. The van der Waals surface area contributed by atoms with Gasteiger partial charge in [-0.1, -0.05) is 20.8 Å². The molecule has 1 radical (unpaired) electrons. The molecule has 0 saturated heterocycles. The predicted octanol–water partition coefficient (Wildman–Crippen LogP) is 3.74. The Balaban J connectivity index is 0.00000169. The molecule has 0 aromatic carbocycles. The van der Waals surface area contributed by atoms with Crippen molar-refractivity contribution in [3.63, 3.8) is 0 Å². The molecule has 1 aliphatic carbocycles. The molecular weight excluding hydrogens is 224 g/mol. The van der Waals surface area contributed by atoms with Gasteiger partial charge in [0, 0.05) is 29.1 Å². The summed E-state index contributed by atoms with van der Waals surface area (Å²) in [6.45, 7) is 8.40. The van der Waals surface area contributed by atoms with Crippen LogP contribution < -0.4 is 0 Å². The van der Waals surface area contributed by atoms with E-state index in [1.165, 1.54) is 0 Å². The standard InChI is InChI=1S/C12H18O.Cu/c1-9-10(5-6-11(9)13)7-8-12(2,3)4;/h8,13H,5-6H2,1-4H3;. The molecule has 1 aliphatic rings. The van der Waals surface area contributed by atoms with Crippen LogP contribution in [0.15, 0.2) is 28.7 Å². The Morgan fingerprint density at radius 1 is 1.29 bits per heavy atom. The van der Waals surface area contributed by atoms with Crippen LogP contribution in [0.2, 0.25) is 0 Å². The van der Waals surface area contributed by atoms with E-state index >= 15 is 0 Å². The summed E-state index contributed by atoms with van der Waals surface area (Å²) in [7, 11) is 0. The maximum absolute atomic E-state index is 9.40. The summed E-state index contributed by atoms with van der Waals surface area (Å²) in [5.74, 6) is 0.532. The maximum Gasteiger partial charge on any atom is 0.0964 e. The molecule has 14 heavy (non-hydrogen) atoms. The van der Waals surface area contributed by atoms with Crippen molar-refractivity contribution in [2.45, 2.75) is 40.5 Å². The van der Waals surface area contributed by atoms with E-state index in [0.29, 0.717) is 5.76 Å². The van der Waals surface area contributed by atoms with E-state index in [9.17, 15) is 5.11 Å². The third-order valence-electron chi connectivity index (χ3n) is 2.18. The molecule has 0 bridgehead atoms. The van der Waals surface area contributed by atoms with Crippen molar-refractivity contribution in [2.24, 2.45) is 5.41 Å². The zero-order chi connectivity index (χ0) is 10.1. The van der Waals surface area contributed by atoms with Crippen LogP contribution in [-0.4, -0.2) is 5.11 Å². The first-order valence-electron chi connectivity index (χ1n) is 4.76. The van der Waals surface area contributed by atoms with Crippen molar-refractivity contribution < 1.29 is 22.2 Å². The van der Waals surface area contributed by atoms with Gasteiger partial charge in [-0.25, -0.2) is 0 Å². The van der Waals surface area contributed by atoms with Gasteiger partial charge in [0.1, 0.15) is 0 Å². The van der Waals surface area contributed by atoms with Gasteiger partial charge in [0.25, 0.3) is 0 Å². The van der Waals surface area contributed by atoms with Crippen molar-refractivity contribution >= 4 is 0 Å². The van der Waals surface area contributed by atoms with Gasteiger partial charge in [-0.15, -0.1) is 5.73 Å². The third kappa shape index (κ3) is 3.75. The summed E-state index contributed by atoms with van der Waals surface area (Å²) < 4.78 is 0. The first kappa shape index (κ1) is 13.6. The van der Waals surface area contributed by atoms with Crippen molar-refractivity contribution in [1.29, 1.82) is 0 Å². The Morgan fingerprint density at radius 2 is 1.86 bits per heavy atom. The number of aliphatic hydroxyl groups is 1. The fraction of sp³-hybridized carbons (Fsp3) is 0.583. The molecule has 1 nitrogen and oxygen atoms in total. The number of aliphatic hydroxyl groups excluding tert-OH is 1. The summed E-state index contributed by atoms with van der Waals surface area (Å²) in [6.07, 6.45) is 3.79. The van der Waals surface area contributed by atoms with Gasteiger partial charge >= 0.3 is 0 Å². The molecule has 0 heterocycles. The second-order valence-corrected chi connectivity index (χ2v) is 4.70. The number of hydrogen-bond donors (Lipinski definition) is 1. The quantitative estimate of drug-likeness (QED) is 0.506. The van der Waals surface area contributed by atoms with Crippen molar-refractivity contribution in [1.82, 2.24) is 0 Å². The van der Waals surface area contributed by atoms with E-state index in [1.807, 2.05) is 6.92 Å². The van der Waals surface area contributed by atoms with E-state index in [2.05, 4.69) is 32.6 Å². The molecule has 0 amide bonds. The van der Waals surface area contributed by atoms with E-state index in [4.69, 9.17) is 0 Å². The van der Waals surface area contributed by atoms with E-state index in [0.717, 1.165) is 24.0 Å². The van der Waals surface area contributed by atoms with E-state index in [1.54, 1.807) is 0 Å². The van der Waals surface area contributed by atoms with Gasteiger partial charge in [0.2, 0.25) is 0 Å². The summed E-state index contributed by atoms with van der Waals surface area (Å²) in [4.78, 5) is 0. The zero-order valence-electron chi connectivity index (χ0n) is 9.24. The number of rotatable bonds is 0. The minimum absolute atomic E-state index is 0.